The molecule has 3 heterocycles. The molecule has 0 aliphatic carbocycles. The number of aromatic nitrogens is 3. The summed E-state index contributed by atoms with van der Waals surface area (Å²) in [5.74, 6) is -0.496. The topological polar surface area (TPSA) is 90.0 Å². The van der Waals surface area contributed by atoms with Crippen LogP contribution in [0, 0.1) is 13.8 Å². The predicted octanol–water partition coefficient (Wildman–Crippen LogP) is 4.07. The fourth-order valence-corrected chi connectivity index (χ4v) is 3.33. The maximum atomic E-state index is 12.7. The molecule has 0 atom stereocenters. The number of nitrogens with one attached hydrogen (secondary N) is 1. The highest BCUT2D eigenvalue weighted by Crippen LogP contribution is 2.29. The van der Waals surface area contributed by atoms with E-state index < -0.39 is 17.8 Å². The molecule has 0 aliphatic heterocycles. The molecule has 0 saturated carbocycles. The predicted molar refractivity (Wildman–Crippen MR) is 94.6 cm³/mol. The number of thiazole rings is 1. The van der Waals surface area contributed by atoms with Crippen molar-refractivity contribution in [3.05, 3.63) is 51.7 Å². The van der Waals surface area contributed by atoms with Gasteiger partial charge in [-0.15, -0.1) is 0 Å². The molecule has 148 valence electrons. The molecule has 1 amide bonds. The van der Waals surface area contributed by atoms with E-state index in [2.05, 4.69) is 15.4 Å². The van der Waals surface area contributed by atoms with Gasteiger partial charge in [0.15, 0.2) is 22.4 Å². The van der Waals surface area contributed by atoms with Gasteiger partial charge in [-0.1, -0.05) is 11.3 Å². The number of nitrogens with zero attached hydrogens (tertiary/aromatic N) is 3. The summed E-state index contributed by atoms with van der Waals surface area (Å²) in [6, 6.07) is 3.83. The highest BCUT2D eigenvalue weighted by Gasteiger charge is 2.34. The molecule has 0 fully saturated rings. The number of aryl methyl sites for hydroxylation is 2. The highest BCUT2D eigenvalue weighted by molar-refractivity contribution is 7.17. The lowest BCUT2D eigenvalue weighted by atomic mass is 10.3. The molecule has 0 radical (unpaired) electrons. The number of furan rings is 1. The van der Waals surface area contributed by atoms with E-state index in [4.69, 9.17) is 4.42 Å². The molecule has 0 aliphatic rings. The first kappa shape index (κ1) is 19.8. The molecule has 0 spiro atoms. The largest absolute Gasteiger partial charge is 0.454 e. The van der Waals surface area contributed by atoms with Gasteiger partial charge < -0.3 is 4.42 Å². The number of alkyl halides is 3. The van der Waals surface area contributed by atoms with E-state index in [1.54, 1.807) is 6.92 Å². The maximum Gasteiger partial charge on any atom is 0.435 e. The lowest BCUT2D eigenvalue weighted by molar-refractivity contribution is -0.141. The van der Waals surface area contributed by atoms with Gasteiger partial charge in [-0.05, 0) is 32.0 Å². The van der Waals surface area contributed by atoms with Crippen LogP contribution < -0.4 is 5.32 Å². The zero-order valence-electron chi connectivity index (χ0n) is 15.0. The Morgan fingerprint density at radius 2 is 2.00 bits per heavy atom. The smallest absolute Gasteiger partial charge is 0.435 e. The lowest BCUT2D eigenvalue weighted by Crippen LogP contribution is -2.11. The second kappa shape index (κ2) is 7.23. The molecular formula is C17H15F3N4O3S. The van der Waals surface area contributed by atoms with Gasteiger partial charge in [-0.2, -0.15) is 18.3 Å². The normalized spacial score (nSPS) is 11.6. The van der Waals surface area contributed by atoms with Gasteiger partial charge in [0.1, 0.15) is 5.76 Å². The second-order valence-electron chi connectivity index (χ2n) is 6.04. The van der Waals surface area contributed by atoms with Crippen LogP contribution in [-0.2, 0) is 12.7 Å². The summed E-state index contributed by atoms with van der Waals surface area (Å²) in [4.78, 5) is 28.3. The van der Waals surface area contributed by atoms with Gasteiger partial charge in [0.05, 0.1) is 17.1 Å². The SMILES string of the molecule is CC(=O)c1sc(NC(=O)c2ccc(Cn3nc(C(F)(F)F)cc3C)o2)nc1C. The van der Waals surface area contributed by atoms with Gasteiger partial charge in [0.2, 0.25) is 0 Å². The van der Waals surface area contributed by atoms with Crippen LogP contribution in [0.15, 0.2) is 22.6 Å². The number of carbonyl (C=O) groups is 2. The van der Waals surface area contributed by atoms with E-state index in [1.807, 2.05) is 0 Å². The van der Waals surface area contributed by atoms with Crippen molar-refractivity contribution < 1.29 is 27.2 Å². The third-order valence-corrected chi connectivity index (χ3v) is 4.97. The number of hydrogen-bond acceptors (Lipinski definition) is 6. The van der Waals surface area contributed by atoms with Crippen LogP contribution in [0.4, 0.5) is 18.3 Å². The van der Waals surface area contributed by atoms with Crippen molar-refractivity contribution in [1.29, 1.82) is 0 Å². The highest BCUT2D eigenvalue weighted by atomic mass is 32.1. The van der Waals surface area contributed by atoms with E-state index in [0.29, 0.717) is 16.3 Å². The standard InChI is InChI=1S/C17H15F3N4O3S/c1-8-6-13(17(18,19)20)23-24(8)7-11-4-5-12(27-11)15(26)22-16-21-9(2)14(28-16)10(3)25/h4-6H,7H2,1-3H3,(H,21,22,26). The van der Waals surface area contributed by atoms with Crippen LogP contribution in [-0.4, -0.2) is 26.5 Å². The molecule has 0 unspecified atom stereocenters. The van der Waals surface area contributed by atoms with Crippen LogP contribution in [0.3, 0.4) is 0 Å². The molecular weight excluding hydrogens is 397 g/mol. The van der Waals surface area contributed by atoms with Crippen molar-refractivity contribution in [2.75, 3.05) is 5.32 Å². The Labute approximate surface area is 161 Å². The van der Waals surface area contributed by atoms with Gasteiger partial charge in [-0.25, -0.2) is 4.98 Å². The number of ketones is 1. The number of hydrogen-bond donors (Lipinski definition) is 1. The maximum absolute atomic E-state index is 12.7. The zero-order valence-corrected chi connectivity index (χ0v) is 15.9. The third kappa shape index (κ3) is 4.14. The van der Waals surface area contributed by atoms with Crippen molar-refractivity contribution >= 4 is 28.2 Å². The van der Waals surface area contributed by atoms with Crippen molar-refractivity contribution in [3.63, 3.8) is 0 Å². The first-order valence-corrected chi connectivity index (χ1v) is 8.86. The lowest BCUT2D eigenvalue weighted by Gasteiger charge is -2.03. The summed E-state index contributed by atoms with van der Waals surface area (Å²) in [7, 11) is 0. The second-order valence-corrected chi connectivity index (χ2v) is 7.04. The molecule has 11 heteroatoms. The fourth-order valence-electron chi connectivity index (χ4n) is 2.48. The summed E-state index contributed by atoms with van der Waals surface area (Å²) in [5.41, 5.74) is -0.165. The monoisotopic (exact) mass is 412 g/mol. The minimum Gasteiger partial charge on any atom is -0.454 e. The quantitative estimate of drug-likeness (QED) is 0.638. The van der Waals surface area contributed by atoms with Gasteiger partial charge >= 0.3 is 6.18 Å². The Morgan fingerprint density at radius 3 is 2.57 bits per heavy atom. The number of halogens is 3. The summed E-state index contributed by atoms with van der Waals surface area (Å²) in [6.45, 7) is 4.51. The molecule has 3 rings (SSSR count). The van der Waals surface area contributed by atoms with E-state index in [1.165, 1.54) is 26.0 Å². The molecule has 1 N–H and O–H groups in total. The Hall–Kier alpha value is -2.95. The molecule has 7 nitrogen and oxygen atoms in total. The Balaban J connectivity index is 1.72. The Kier molecular flexibility index (Phi) is 5.11. The number of carbonyl (C=O) groups excluding carboxylic acids is 2. The number of anilines is 1. The molecule has 3 aromatic heterocycles. The van der Waals surface area contributed by atoms with E-state index >= 15 is 0 Å². The first-order chi connectivity index (χ1) is 13.0. The van der Waals surface area contributed by atoms with E-state index in [-0.39, 0.29) is 29.0 Å². The summed E-state index contributed by atoms with van der Waals surface area (Å²) in [6.07, 6.45) is -4.53. The minimum absolute atomic E-state index is 0.0342. The van der Waals surface area contributed by atoms with Crippen molar-refractivity contribution in [1.82, 2.24) is 14.8 Å². The van der Waals surface area contributed by atoms with Gasteiger partial charge in [-0.3, -0.25) is 19.6 Å². The fraction of sp³-hybridized carbons (Fsp3) is 0.294. The van der Waals surface area contributed by atoms with Gasteiger partial charge in [0.25, 0.3) is 5.91 Å². The molecule has 0 saturated heterocycles. The van der Waals surface area contributed by atoms with E-state index in [9.17, 15) is 22.8 Å². The van der Waals surface area contributed by atoms with Crippen LogP contribution in [0.1, 0.15) is 50.0 Å². The Bertz CT molecular complexity index is 1050. The minimum atomic E-state index is -4.53. The van der Waals surface area contributed by atoms with Crippen molar-refractivity contribution in [3.8, 4) is 0 Å². The van der Waals surface area contributed by atoms with Crippen LogP contribution in [0.25, 0.3) is 0 Å². The Morgan fingerprint density at radius 1 is 1.29 bits per heavy atom. The summed E-state index contributed by atoms with van der Waals surface area (Å²) < 4.78 is 44.8. The van der Waals surface area contributed by atoms with Crippen LogP contribution in [0.5, 0.6) is 0 Å². The zero-order chi connectivity index (χ0) is 20.6. The number of amides is 1. The van der Waals surface area contributed by atoms with Crippen molar-refractivity contribution in [2.24, 2.45) is 0 Å². The molecule has 0 bridgehead atoms. The van der Waals surface area contributed by atoms with Gasteiger partial charge in [0, 0.05) is 12.6 Å². The molecule has 28 heavy (non-hydrogen) atoms. The molecule has 0 aromatic carbocycles. The summed E-state index contributed by atoms with van der Waals surface area (Å²) in [5, 5.41) is 6.31. The van der Waals surface area contributed by atoms with Crippen LogP contribution in [0.2, 0.25) is 0 Å². The molecule has 3 aromatic rings. The van der Waals surface area contributed by atoms with Crippen molar-refractivity contribution in [2.45, 2.75) is 33.5 Å². The number of rotatable bonds is 5. The number of Topliss-reactive ketones (excluding diaryl/α,β-unsaturated/α-hetero) is 1. The van der Waals surface area contributed by atoms with Crippen LogP contribution >= 0.6 is 11.3 Å². The average molecular weight is 412 g/mol. The average Bonchev–Trinajstić information content (AvgIpc) is 3.27. The summed E-state index contributed by atoms with van der Waals surface area (Å²) >= 11 is 1.05. The third-order valence-electron chi connectivity index (χ3n) is 3.80. The first-order valence-electron chi connectivity index (χ1n) is 8.04. The van der Waals surface area contributed by atoms with E-state index in [0.717, 1.165) is 22.1 Å².